The number of piperidine rings is 1. The number of carbonyl (C=O) groups is 2. The van der Waals surface area contributed by atoms with E-state index in [1.807, 2.05) is 0 Å². The van der Waals surface area contributed by atoms with E-state index in [2.05, 4.69) is 15.5 Å². The van der Waals surface area contributed by atoms with Crippen LogP contribution in [0.4, 0.5) is 0 Å². The zero-order valence-corrected chi connectivity index (χ0v) is 8.00. The van der Waals surface area contributed by atoms with Gasteiger partial charge < -0.3 is 0 Å². The number of hydrogen-bond donors (Lipinski definition) is 2. The highest BCUT2D eigenvalue weighted by Gasteiger charge is 2.28. The molecule has 6 nitrogen and oxygen atoms in total. The lowest BCUT2D eigenvalue weighted by molar-refractivity contribution is -0.135. The standard InChI is InChI=1S/C7H8N4O2S/c12-5-2-1-4(6(13)9-5)11-3-8-10-7(11)14/h3-4H,1-2H2,(H,10,14)(H,9,12,13). The first-order chi connectivity index (χ1) is 6.68. The molecule has 7 heteroatoms. The Morgan fingerprint density at radius 2 is 2.36 bits per heavy atom. The zero-order chi connectivity index (χ0) is 10.1. The van der Waals surface area contributed by atoms with Gasteiger partial charge in [0, 0.05) is 6.42 Å². The molecule has 1 aromatic heterocycles. The van der Waals surface area contributed by atoms with Crippen LogP contribution in [0.25, 0.3) is 0 Å². The molecule has 74 valence electrons. The predicted octanol–water partition coefficient (Wildman–Crippen LogP) is -0.0816. The van der Waals surface area contributed by atoms with E-state index in [4.69, 9.17) is 12.2 Å². The Labute approximate surface area is 84.3 Å². The van der Waals surface area contributed by atoms with Gasteiger partial charge in [0.2, 0.25) is 11.8 Å². The summed E-state index contributed by atoms with van der Waals surface area (Å²) in [6.45, 7) is 0. The highest BCUT2D eigenvalue weighted by molar-refractivity contribution is 7.71. The average Bonchev–Trinajstić information content (AvgIpc) is 2.52. The maximum Gasteiger partial charge on any atom is 0.249 e. The molecular formula is C7H8N4O2S. The summed E-state index contributed by atoms with van der Waals surface area (Å²) in [4.78, 5) is 22.3. The molecule has 1 unspecified atom stereocenters. The maximum absolute atomic E-state index is 11.4. The van der Waals surface area contributed by atoms with Crippen LogP contribution >= 0.6 is 12.2 Å². The molecule has 2 N–H and O–H groups in total. The molecule has 1 saturated heterocycles. The minimum absolute atomic E-state index is 0.235. The minimum Gasteiger partial charge on any atom is -0.295 e. The van der Waals surface area contributed by atoms with Gasteiger partial charge >= 0.3 is 0 Å². The molecule has 1 aliphatic rings. The van der Waals surface area contributed by atoms with Crippen LogP contribution in [0.1, 0.15) is 18.9 Å². The lowest BCUT2D eigenvalue weighted by Gasteiger charge is -2.20. The third-order valence-corrected chi connectivity index (χ3v) is 2.42. The van der Waals surface area contributed by atoms with Gasteiger partial charge in [-0.2, -0.15) is 5.10 Å². The van der Waals surface area contributed by atoms with Crippen LogP contribution in [0.3, 0.4) is 0 Å². The van der Waals surface area contributed by atoms with Crippen LogP contribution in [0.5, 0.6) is 0 Å². The fourth-order valence-corrected chi connectivity index (χ4v) is 1.65. The molecule has 0 bridgehead atoms. The first-order valence-electron chi connectivity index (χ1n) is 4.13. The zero-order valence-electron chi connectivity index (χ0n) is 7.19. The Bertz CT molecular complexity index is 435. The highest BCUT2D eigenvalue weighted by atomic mass is 32.1. The molecule has 0 radical (unpaired) electrons. The fourth-order valence-electron chi connectivity index (χ4n) is 1.43. The molecule has 2 rings (SSSR count). The predicted molar refractivity (Wildman–Crippen MR) is 48.8 cm³/mol. The molecular weight excluding hydrogens is 204 g/mol. The largest absolute Gasteiger partial charge is 0.295 e. The summed E-state index contributed by atoms with van der Waals surface area (Å²) in [5.74, 6) is -0.556. The molecule has 2 heterocycles. The van der Waals surface area contributed by atoms with E-state index in [0.29, 0.717) is 17.6 Å². The van der Waals surface area contributed by atoms with Crippen molar-refractivity contribution in [1.82, 2.24) is 20.1 Å². The number of rotatable bonds is 1. The second-order valence-electron chi connectivity index (χ2n) is 3.04. The molecule has 0 saturated carbocycles. The van der Waals surface area contributed by atoms with Gasteiger partial charge in [-0.25, -0.2) is 0 Å². The number of nitrogens with one attached hydrogen (secondary N) is 2. The van der Waals surface area contributed by atoms with Crippen LogP contribution in [-0.4, -0.2) is 26.6 Å². The quantitative estimate of drug-likeness (QED) is 0.504. The minimum atomic E-state index is -0.418. The third kappa shape index (κ3) is 1.46. The van der Waals surface area contributed by atoms with Gasteiger partial charge in [-0.05, 0) is 18.6 Å². The van der Waals surface area contributed by atoms with Crippen molar-refractivity contribution >= 4 is 24.0 Å². The van der Waals surface area contributed by atoms with Crippen molar-refractivity contribution in [2.24, 2.45) is 0 Å². The summed E-state index contributed by atoms with van der Waals surface area (Å²) in [6.07, 6.45) is 2.27. The molecule has 1 atom stereocenters. The Kier molecular flexibility index (Phi) is 2.16. The number of aromatic nitrogens is 3. The van der Waals surface area contributed by atoms with Gasteiger partial charge in [0.15, 0.2) is 4.77 Å². The molecule has 14 heavy (non-hydrogen) atoms. The lowest BCUT2D eigenvalue weighted by atomic mass is 10.1. The molecule has 0 aliphatic carbocycles. The van der Waals surface area contributed by atoms with Gasteiger partial charge in [0.05, 0.1) is 0 Å². The summed E-state index contributed by atoms with van der Waals surface area (Å²) >= 11 is 4.93. The van der Waals surface area contributed by atoms with E-state index < -0.39 is 6.04 Å². The normalized spacial score (nSPS) is 22.1. The SMILES string of the molecule is O=C1CCC(n2cn[nH]c2=S)C(=O)N1. The van der Waals surface area contributed by atoms with Crippen molar-refractivity contribution in [2.75, 3.05) is 0 Å². The first-order valence-corrected chi connectivity index (χ1v) is 4.54. The second kappa shape index (κ2) is 3.33. The van der Waals surface area contributed by atoms with Crippen LogP contribution in [0, 0.1) is 4.77 Å². The van der Waals surface area contributed by atoms with E-state index >= 15 is 0 Å². The van der Waals surface area contributed by atoms with Gasteiger partial charge in [-0.3, -0.25) is 24.6 Å². The summed E-state index contributed by atoms with van der Waals surface area (Å²) in [6, 6.07) is -0.418. The van der Waals surface area contributed by atoms with E-state index in [0.717, 1.165) is 0 Å². The van der Waals surface area contributed by atoms with Crippen molar-refractivity contribution in [3.8, 4) is 0 Å². The molecule has 0 spiro atoms. The number of aromatic amines is 1. The number of H-pyrrole nitrogens is 1. The van der Waals surface area contributed by atoms with Crippen molar-refractivity contribution in [3.05, 3.63) is 11.1 Å². The fraction of sp³-hybridized carbons (Fsp3) is 0.429. The van der Waals surface area contributed by atoms with Crippen LogP contribution in [-0.2, 0) is 9.59 Å². The monoisotopic (exact) mass is 212 g/mol. The summed E-state index contributed by atoms with van der Waals surface area (Å²) in [7, 11) is 0. The van der Waals surface area contributed by atoms with E-state index in [-0.39, 0.29) is 11.8 Å². The molecule has 2 amide bonds. The van der Waals surface area contributed by atoms with E-state index in [1.165, 1.54) is 6.33 Å². The Morgan fingerprint density at radius 1 is 1.57 bits per heavy atom. The van der Waals surface area contributed by atoms with E-state index in [9.17, 15) is 9.59 Å². The molecule has 1 fully saturated rings. The van der Waals surface area contributed by atoms with Crippen LogP contribution < -0.4 is 5.32 Å². The highest BCUT2D eigenvalue weighted by Crippen LogP contribution is 2.17. The smallest absolute Gasteiger partial charge is 0.249 e. The summed E-state index contributed by atoms with van der Waals surface area (Å²) < 4.78 is 1.94. The number of imide groups is 1. The molecule has 1 aromatic rings. The average molecular weight is 212 g/mol. The van der Waals surface area contributed by atoms with Gasteiger partial charge in [0.25, 0.3) is 0 Å². The van der Waals surface area contributed by atoms with Gasteiger partial charge in [-0.1, -0.05) is 0 Å². The summed E-state index contributed by atoms with van der Waals surface area (Å²) in [5, 5.41) is 8.54. The summed E-state index contributed by atoms with van der Waals surface area (Å²) in [5.41, 5.74) is 0. The Balaban J connectivity index is 2.28. The second-order valence-corrected chi connectivity index (χ2v) is 3.42. The Hall–Kier alpha value is -1.50. The molecule has 0 aromatic carbocycles. The topological polar surface area (TPSA) is 79.8 Å². The van der Waals surface area contributed by atoms with Gasteiger partial charge in [0.1, 0.15) is 12.4 Å². The van der Waals surface area contributed by atoms with Gasteiger partial charge in [-0.15, -0.1) is 0 Å². The number of amides is 2. The van der Waals surface area contributed by atoms with Crippen LogP contribution in [0.15, 0.2) is 6.33 Å². The van der Waals surface area contributed by atoms with Crippen molar-refractivity contribution in [2.45, 2.75) is 18.9 Å². The number of hydrogen-bond acceptors (Lipinski definition) is 4. The third-order valence-electron chi connectivity index (χ3n) is 2.12. The van der Waals surface area contributed by atoms with Crippen molar-refractivity contribution in [1.29, 1.82) is 0 Å². The molecule has 1 aliphatic heterocycles. The Morgan fingerprint density at radius 3 is 2.93 bits per heavy atom. The number of nitrogens with zero attached hydrogens (tertiary/aromatic N) is 2. The van der Waals surface area contributed by atoms with E-state index in [1.54, 1.807) is 4.57 Å². The first kappa shape index (κ1) is 9.07. The van der Waals surface area contributed by atoms with Crippen molar-refractivity contribution < 1.29 is 9.59 Å². The van der Waals surface area contributed by atoms with Crippen LogP contribution in [0.2, 0.25) is 0 Å². The van der Waals surface area contributed by atoms with Crippen molar-refractivity contribution in [3.63, 3.8) is 0 Å². The number of carbonyl (C=O) groups excluding carboxylic acids is 2. The lowest BCUT2D eigenvalue weighted by Crippen LogP contribution is -2.41. The maximum atomic E-state index is 11.4.